The summed E-state index contributed by atoms with van der Waals surface area (Å²) >= 11 is 0. The van der Waals surface area contributed by atoms with Crippen molar-refractivity contribution in [1.82, 2.24) is 4.90 Å². The molecule has 0 aromatic heterocycles. The maximum atomic E-state index is 2.65. The van der Waals surface area contributed by atoms with E-state index in [4.69, 9.17) is 0 Å². The fourth-order valence-electron chi connectivity index (χ4n) is 2.05. The maximum absolute atomic E-state index is 2.65. The van der Waals surface area contributed by atoms with Crippen molar-refractivity contribution in [3.05, 3.63) is 0 Å². The van der Waals surface area contributed by atoms with Gasteiger partial charge in [-0.1, -0.05) is 60.8 Å². The summed E-state index contributed by atoms with van der Waals surface area (Å²) in [5.41, 5.74) is 0. The van der Waals surface area contributed by atoms with Crippen molar-refractivity contribution in [1.29, 1.82) is 0 Å². The number of piperidine rings is 1. The first kappa shape index (κ1) is 19.3. The Balaban J connectivity index is 0. The third-order valence-electron chi connectivity index (χ3n) is 3.20. The molecule has 0 saturated carbocycles. The SMILES string of the molecule is CC.CC.CCCCCCN1CCC(C)CC1. The summed E-state index contributed by atoms with van der Waals surface area (Å²) < 4.78 is 0. The second kappa shape index (κ2) is 16.0. The van der Waals surface area contributed by atoms with Gasteiger partial charge in [0, 0.05) is 0 Å². The Morgan fingerprint density at radius 3 is 1.88 bits per heavy atom. The molecule has 0 amide bonds. The number of rotatable bonds is 5. The third kappa shape index (κ3) is 12.2. The van der Waals surface area contributed by atoms with Gasteiger partial charge in [0.15, 0.2) is 0 Å². The van der Waals surface area contributed by atoms with E-state index in [0.29, 0.717) is 0 Å². The molecular weight excluding hydrogens is 206 g/mol. The molecule has 1 nitrogen and oxygen atoms in total. The molecule has 1 aliphatic heterocycles. The van der Waals surface area contributed by atoms with E-state index >= 15 is 0 Å². The zero-order valence-corrected chi connectivity index (χ0v) is 13.4. The summed E-state index contributed by atoms with van der Waals surface area (Å²) in [6.07, 6.45) is 8.48. The molecule has 1 aliphatic rings. The number of nitrogens with zero attached hydrogens (tertiary/aromatic N) is 1. The number of likely N-dealkylation sites (tertiary alicyclic amines) is 1. The van der Waals surface area contributed by atoms with Crippen molar-refractivity contribution in [2.24, 2.45) is 5.92 Å². The molecule has 0 aromatic rings. The van der Waals surface area contributed by atoms with E-state index in [2.05, 4.69) is 18.7 Å². The van der Waals surface area contributed by atoms with E-state index in [0.717, 1.165) is 5.92 Å². The monoisotopic (exact) mass is 243 g/mol. The van der Waals surface area contributed by atoms with Crippen LogP contribution in [0.3, 0.4) is 0 Å². The molecule has 0 radical (unpaired) electrons. The van der Waals surface area contributed by atoms with Crippen molar-refractivity contribution in [3.8, 4) is 0 Å². The first-order valence-electron chi connectivity index (χ1n) is 8.05. The Kier molecular flexibility index (Phi) is 18.1. The fourth-order valence-corrected chi connectivity index (χ4v) is 2.05. The van der Waals surface area contributed by atoms with Gasteiger partial charge in [0.05, 0.1) is 0 Å². The van der Waals surface area contributed by atoms with Crippen LogP contribution in [0.5, 0.6) is 0 Å². The molecule has 0 atom stereocenters. The Hall–Kier alpha value is -0.0400. The van der Waals surface area contributed by atoms with Gasteiger partial charge in [0.25, 0.3) is 0 Å². The minimum absolute atomic E-state index is 0.979. The topological polar surface area (TPSA) is 3.24 Å². The van der Waals surface area contributed by atoms with Crippen LogP contribution in [-0.2, 0) is 0 Å². The summed E-state index contributed by atoms with van der Waals surface area (Å²) in [7, 11) is 0. The van der Waals surface area contributed by atoms with E-state index in [1.54, 1.807) is 0 Å². The first-order chi connectivity index (χ1) is 8.33. The number of hydrogen-bond donors (Lipinski definition) is 0. The second-order valence-electron chi connectivity index (χ2n) is 4.58. The normalized spacial score (nSPS) is 16.6. The van der Waals surface area contributed by atoms with Gasteiger partial charge in [-0.25, -0.2) is 0 Å². The Labute approximate surface area is 111 Å². The Bertz CT molecular complexity index is 115. The van der Waals surface area contributed by atoms with Crippen LogP contribution in [0.15, 0.2) is 0 Å². The highest BCUT2D eigenvalue weighted by Gasteiger charge is 2.14. The predicted molar refractivity (Wildman–Crippen MR) is 81.7 cm³/mol. The van der Waals surface area contributed by atoms with Crippen molar-refractivity contribution >= 4 is 0 Å². The molecule has 0 aromatic carbocycles. The first-order valence-corrected chi connectivity index (χ1v) is 8.05. The van der Waals surface area contributed by atoms with E-state index in [-0.39, 0.29) is 0 Å². The highest BCUT2D eigenvalue weighted by molar-refractivity contribution is 4.68. The summed E-state index contributed by atoms with van der Waals surface area (Å²) in [5.74, 6) is 0.979. The van der Waals surface area contributed by atoms with E-state index in [9.17, 15) is 0 Å². The smallest absolute Gasteiger partial charge is 0.00162 e. The maximum Gasteiger partial charge on any atom is -0.00162 e. The van der Waals surface area contributed by atoms with Gasteiger partial charge < -0.3 is 4.90 Å². The lowest BCUT2D eigenvalue weighted by molar-refractivity contribution is 0.189. The van der Waals surface area contributed by atoms with Gasteiger partial charge >= 0.3 is 0 Å². The summed E-state index contributed by atoms with van der Waals surface area (Å²) in [5, 5.41) is 0. The van der Waals surface area contributed by atoms with Crippen LogP contribution in [0.25, 0.3) is 0 Å². The zero-order chi connectivity index (χ0) is 13.5. The van der Waals surface area contributed by atoms with Crippen LogP contribution >= 0.6 is 0 Å². The van der Waals surface area contributed by atoms with Crippen LogP contribution in [-0.4, -0.2) is 24.5 Å². The number of unbranched alkanes of at least 4 members (excludes halogenated alkanes) is 3. The molecule has 0 bridgehead atoms. The standard InChI is InChI=1S/C12H25N.2C2H6/c1-3-4-5-6-9-13-10-7-12(2)8-11-13;2*1-2/h12H,3-11H2,1-2H3;2*1-2H3. The van der Waals surface area contributed by atoms with Crippen LogP contribution in [0.1, 0.15) is 80.1 Å². The molecule has 1 saturated heterocycles. The van der Waals surface area contributed by atoms with E-state index in [1.165, 1.54) is 58.2 Å². The van der Waals surface area contributed by atoms with Crippen LogP contribution < -0.4 is 0 Å². The molecule has 0 N–H and O–H groups in total. The molecule has 17 heavy (non-hydrogen) atoms. The van der Waals surface area contributed by atoms with Gasteiger partial charge in [-0.05, 0) is 44.8 Å². The summed E-state index contributed by atoms with van der Waals surface area (Å²) in [6.45, 7) is 16.7. The van der Waals surface area contributed by atoms with Gasteiger partial charge in [-0.2, -0.15) is 0 Å². The molecule has 0 aliphatic carbocycles. The van der Waals surface area contributed by atoms with Crippen LogP contribution in [0.2, 0.25) is 0 Å². The lowest BCUT2D eigenvalue weighted by Crippen LogP contribution is -2.33. The molecule has 106 valence electrons. The van der Waals surface area contributed by atoms with E-state index < -0.39 is 0 Å². The third-order valence-corrected chi connectivity index (χ3v) is 3.20. The lowest BCUT2D eigenvalue weighted by atomic mass is 9.99. The van der Waals surface area contributed by atoms with E-state index in [1.807, 2.05) is 27.7 Å². The summed E-state index contributed by atoms with van der Waals surface area (Å²) in [6, 6.07) is 0. The Morgan fingerprint density at radius 1 is 0.882 bits per heavy atom. The van der Waals surface area contributed by atoms with Crippen LogP contribution in [0.4, 0.5) is 0 Å². The average molecular weight is 243 g/mol. The minimum Gasteiger partial charge on any atom is -0.303 e. The lowest BCUT2D eigenvalue weighted by Gasteiger charge is -2.30. The van der Waals surface area contributed by atoms with Crippen LogP contribution in [0, 0.1) is 5.92 Å². The number of hydrogen-bond acceptors (Lipinski definition) is 1. The highest BCUT2D eigenvalue weighted by Crippen LogP contribution is 2.16. The van der Waals surface area contributed by atoms with Gasteiger partial charge in [-0.15, -0.1) is 0 Å². The zero-order valence-electron chi connectivity index (χ0n) is 13.4. The van der Waals surface area contributed by atoms with Gasteiger partial charge in [0.1, 0.15) is 0 Å². The van der Waals surface area contributed by atoms with Crippen molar-refractivity contribution in [3.63, 3.8) is 0 Å². The highest BCUT2D eigenvalue weighted by atomic mass is 15.1. The molecule has 0 spiro atoms. The second-order valence-corrected chi connectivity index (χ2v) is 4.58. The fraction of sp³-hybridized carbons (Fsp3) is 1.00. The predicted octanol–water partition coefficient (Wildman–Crippen LogP) is 5.35. The minimum atomic E-state index is 0.979. The van der Waals surface area contributed by atoms with Crippen molar-refractivity contribution < 1.29 is 0 Å². The molecule has 1 fully saturated rings. The largest absolute Gasteiger partial charge is 0.303 e. The molecule has 1 heteroatoms. The molecular formula is C16H37N. The van der Waals surface area contributed by atoms with Gasteiger partial charge in [0.2, 0.25) is 0 Å². The Morgan fingerprint density at radius 2 is 1.41 bits per heavy atom. The average Bonchev–Trinajstić information content (AvgIpc) is 2.41. The quantitative estimate of drug-likeness (QED) is 0.588. The molecule has 0 unspecified atom stereocenters. The van der Waals surface area contributed by atoms with Gasteiger partial charge in [-0.3, -0.25) is 0 Å². The molecule has 1 rings (SSSR count). The summed E-state index contributed by atoms with van der Waals surface area (Å²) in [4.78, 5) is 2.65. The van der Waals surface area contributed by atoms with Crippen molar-refractivity contribution in [2.45, 2.75) is 80.1 Å². The molecule has 1 heterocycles. The van der Waals surface area contributed by atoms with Crippen molar-refractivity contribution in [2.75, 3.05) is 19.6 Å².